The minimum atomic E-state index is -0.896. The first kappa shape index (κ1) is 26.5. The second-order valence-corrected chi connectivity index (χ2v) is 10.7. The molecule has 208 valence electrons. The molecule has 0 radical (unpaired) electrons. The van der Waals surface area contributed by atoms with Crippen molar-refractivity contribution in [1.82, 2.24) is 0 Å². The summed E-state index contributed by atoms with van der Waals surface area (Å²) in [5.41, 5.74) is 0. The summed E-state index contributed by atoms with van der Waals surface area (Å²) in [4.78, 5) is 26.4. The summed E-state index contributed by atoms with van der Waals surface area (Å²) in [7, 11) is 0. The first-order valence-electron chi connectivity index (χ1n) is 13.4. The third-order valence-corrected chi connectivity index (χ3v) is 7.64. The van der Waals surface area contributed by atoms with E-state index in [9.17, 15) is 9.59 Å². The van der Waals surface area contributed by atoms with Gasteiger partial charge in [0.2, 0.25) is 0 Å². The Kier molecular flexibility index (Phi) is 6.85. The van der Waals surface area contributed by atoms with Crippen LogP contribution in [-0.2, 0) is 0 Å². The Balaban J connectivity index is 1.27. The van der Waals surface area contributed by atoms with Crippen molar-refractivity contribution in [2.24, 2.45) is 0 Å². The number of hydrogen-bond acceptors (Lipinski definition) is 6. The standard InChI is InChI=1S/C36H21BrO6/c37-24-19-20-29-30(21-24)34(43-36(39)41-32-18-8-12-23-10-2-4-14-26(23)32)28-16-6-5-15-27(28)33(29)42-35(38)40-31-17-7-11-22-9-1-3-13-25(22)31/h1-21H. The molecule has 0 aromatic heterocycles. The summed E-state index contributed by atoms with van der Waals surface area (Å²) >= 11 is 3.52. The van der Waals surface area contributed by atoms with Crippen LogP contribution >= 0.6 is 15.9 Å². The van der Waals surface area contributed by atoms with Crippen molar-refractivity contribution in [1.29, 1.82) is 0 Å². The zero-order valence-corrected chi connectivity index (χ0v) is 24.0. The molecule has 0 heterocycles. The minimum absolute atomic E-state index is 0.270. The van der Waals surface area contributed by atoms with Crippen LogP contribution in [0.5, 0.6) is 23.0 Å². The number of ether oxygens (including phenoxy) is 4. The van der Waals surface area contributed by atoms with E-state index in [0.29, 0.717) is 33.0 Å². The van der Waals surface area contributed by atoms with E-state index in [1.54, 1.807) is 36.4 Å². The van der Waals surface area contributed by atoms with Crippen LogP contribution in [0.3, 0.4) is 0 Å². The maximum absolute atomic E-state index is 13.2. The van der Waals surface area contributed by atoms with Crippen LogP contribution in [0.25, 0.3) is 43.1 Å². The average molecular weight is 629 g/mol. The van der Waals surface area contributed by atoms with Crippen molar-refractivity contribution in [2.45, 2.75) is 0 Å². The van der Waals surface area contributed by atoms with Crippen molar-refractivity contribution in [3.05, 3.63) is 132 Å². The second kappa shape index (κ2) is 11.1. The molecule has 7 aromatic carbocycles. The predicted molar refractivity (Wildman–Crippen MR) is 170 cm³/mol. The highest BCUT2D eigenvalue weighted by atomic mass is 79.9. The molecule has 0 bridgehead atoms. The Morgan fingerprint density at radius 1 is 0.419 bits per heavy atom. The summed E-state index contributed by atoms with van der Waals surface area (Å²) < 4.78 is 23.9. The lowest BCUT2D eigenvalue weighted by atomic mass is 10.0. The Hall–Kier alpha value is -5.40. The number of benzene rings is 7. The molecule has 0 fully saturated rings. The Labute approximate surface area is 254 Å². The zero-order chi connectivity index (χ0) is 29.3. The molecule has 0 spiro atoms. The van der Waals surface area contributed by atoms with Crippen LogP contribution in [0.4, 0.5) is 9.59 Å². The fourth-order valence-electron chi connectivity index (χ4n) is 5.25. The van der Waals surface area contributed by atoms with Gasteiger partial charge >= 0.3 is 12.3 Å². The fraction of sp³-hybridized carbons (Fsp3) is 0. The first-order valence-corrected chi connectivity index (χ1v) is 14.2. The highest BCUT2D eigenvalue weighted by Crippen LogP contribution is 2.44. The molecule has 0 aliphatic carbocycles. The molecule has 0 atom stereocenters. The van der Waals surface area contributed by atoms with E-state index in [1.165, 1.54) is 0 Å². The van der Waals surface area contributed by atoms with Crippen LogP contribution in [-0.4, -0.2) is 12.3 Å². The van der Waals surface area contributed by atoms with Crippen molar-refractivity contribution in [3.63, 3.8) is 0 Å². The van der Waals surface area contributed by atoms with Gasteiger partial charge in [-0.1, -0.05) is 113 Å². The van der Waals surface area contributed by atoms with Gasteiger partial charge in [-0.15, -0.1) is 0 Å². The quantitative estimate of drug-likeness (QED) is 0.110. The average Bonchev–Trinajstić information content (AvgIpc) is 3.03. The number of halogens is 1. The molecular weight excluding hydrogens is 608 g/mol. The fourth-order valence-corrected chi connectivity index (χ4v) is 5.61. The molecule has 0 aliphatic heterocycles. The summed E-state index contributed by atoms with van der Waals surface area (Å²) in [6.45, 7) is 0. The molecule has 6 nitrogen and oxygen atoms in total. The Bertz CT molecular complexity index is 2200. The highest BCUT2D eigenvalue weighted by Gasteiger charge is 2.22. The van der Waals surface area contributed by atoms with Crippen LogP contribution in [0.1, 0.15) is 0 Å². The van der Waals surface area contributed by atoms with Gasteiger partial charge in [-0.25, -0.2) is 9.59 Å². The number of fused-ring (bicyclic) bond motifs is 4. The highest BCUT2D eigenvalue weighted by molar-refractivity contribution is 9.10. The SMILES string of the molecule is O=C(Oc1cccc2ccccc12)Oc1c2ccccc2c(OC(=O)Oc2cccc3ccccc23)c2cc(Br)ccc12. The molecule has 0 saturated heterocycles. The Morgan fingerprint density at radius 3 is 1.37 bits per heavy atom. The second-order valence-electron chi connectivity index (χ2n) is 9.76. The number of hydrogen-bond donors (Lipinski definition) is 0. The number of carbonyl (C=O) groups is 2. The maximum Gasteiger partial charge on any atom is 0.519 e. The smallest absolute Gasteiger partial charge is 0.394 e. The lowest BCUT2D eigenvalue weighted by Gasteiger charge is -2.17. The third kappa shape index (κ3) is 5.11. The van der Waals surface area contributed by atoms with Gasteiger partial charge in [-0.05, 0) is 41.1 Å². The topological polar surface area (TPSA) is 71.1 Å². The van der Waals surface area contributed by atoms with Gasteiger partial charge in [-0.3, -0.25) is 0 Å². The Morgan fingerprint density at radius 2 is 0.837 bits per heavy atom. The van der Waals surface area contributed by atoms with E-state index in [1.807, 2.05) is 91.0 Å². The summed E-state index contributed by atoms with van der Waals surface area (Å²) in [5.74, 6) is 1.31. The van der Waals surface area contributed by atoms with Gasteiger partial charge in [0.15, 0.2) is 5.75 Å². The normalized spacial score (nSPS) is 11.1. The molecule has 0 amide bonds. The van der Waals surface area contributed by atoms with Gasteiger partial charge in [0.05, 0.1) is 0 Å². The summed E-state index contributed by atoms with van der Waals surface area (Å²) in [5, 5.41) is 5.63. The lowest BCUT2D eigenvalue weighted by molar-refractivity contribution is 0.151. The van der Waals surface area contributed by atoms with Gasteiger partial charge < -0.3 is 18.9 Å². The van der Waals surface area contributed by atoms with Gasteiger partial charge in [-0.2, -0.15) is 0 Å². The molecule has 7 aromatic rings. The van der Waals surface area contributed by atoms with E-state index < -0.39 is 12.3 Å². The summed E-state index contributed by atoms with van der Waals surface area (Å²) in [6, 6.07) is 38.8. The lowest BCUT2D eigenvalue weighted by Crippen LogP contribution is -2.16. The molecule has 0 N–H and O–H groups in total. The van der Waals surface area contributed by atoms with Crippen LogP contribution in [0.2, 0.25) is 0 Å². The zero-order valence-electron chi connectivity index (χ0n) is 22.5. The van der Waals surface area contributed by atoms with E-state index >= 15 is 0 Å². The van der Waals surface area contributed by atoms with Crippen LogP contribution in [0, 0.1) is 0 Å². The van der Waals surface area contributed by atoms with Gasteiger partial charge in [0.1, 0.15) is 17.2 Å². The largest absolute Gasteiger partial charge is 0.519 e. The minimum Gasteiger partial charge on any atom is -0.394 e. The van der Waals surface area contributed by atoms with Crippen molar-refractivity contribution >= 4 is 71.3 Å². The first-order chi connectivity index (χ1) is 21.0. The number of rotatable bonds is 4. The van der Waals surface area contributed by atoms with E-state index in [0.717, 1.165) is 26.0 Å². The molecule has 0 saturated carbocycles. The maximum atomic E-state index is 13.2. The molecular formula is C36H21BrO6. The van der Waals surface area contributed by atoms with E-state index in [2.05, 4.69) is 15.9 Å². The van der Waals surface area contributed by atoms with Crippen molar-refractivity contribution in [3.8, 4) is 23.0 Å². The summed E-state index contributed by atoms with van der Waals surface area (Å²) in [6.07, 6.45) is -1.79. The molecule has 0 unspecified atom stereocenters. The number of carbonyl (C=O) groups excluding carboxylic acids is 2. The van der Waals surface area contributed by atoms with E-state index in [-0.39, 0.29) is 11.5 Å². The molecule has 43 heavy (non-hydrogen) atoms. The van der Waals surface area contributed by atoms with Crippen LogP contribution in [0.15, 0.2) is 132 Å². The van der Waals surface area contributed by atoms with Crippen LogP contribution < -0.4 is 18.9 Å². The van der Waals surface area contributed by atoms with Gasteiger partial charge in [0.25, 0.3) is 0 Å². The van der Waals surface area contributed by atoms with Gasteiger partial charge in [0, 0.05) is 36.8 Å². The van der Waals surface area contributed by atoms with Crippen molar-refractivity contribution in [2.75, 3.05) is 0 Å². The predicted octanol–water partition coefficient (Wildman–Crippen LogP) is 10.2. The monoisotopic (exact) mass is 628 g/mol. The third-order valence-electron chi connectivity index (χ3n) is 7.14. The van der Waals surface area contributed by atoms with Crippen molar-refractivity contribution < 1.29 is 28.5 Å². The molecule has 7 heteroatoms. The molecule has 7 rings (SSSR count). The van der Waals surface area contributed by atoms with E-state index in [4.69, 9.17) is 18.9 Å². The molecule has 0 aliphatic rings.